The zero-order valence-corrected chi connectivity index (χ0v) is 17.7. The van der Waals surface area contributed by atoms with Gasteiger partial charge in [-0.05, 0) is 34.7 Å². The largest absolute Gasteiger partial charge is 0.296 e. The molecule has 0 atom stereocenters. The minimum atomic E-state index is -3.45. The number of piperazine rings is 1. The maximum Gasteiger partial charge on any atom is 0.243 e. The molecule has 27 heavy (non-hydrogen) atoms. The highest BCUT2D eigenvalue weighted by molar-refractivity contribution is 7.89. The van der Waals surface area contributed by atoms with Gasteiger partial charge in [0.1, 0.15) is 0 Å². The number of benzene rings is 2. The summed E-state index contributed by atoms with van der Waals surface area (Å²) in [4.78, 5) is 2.62. The SMILES string of the molecule is CC(C)(C)c1ccc(S(=O)(=O)N2CCN(Cc3ccccc3Cl)CC2)cc1. The maximum absolute atomic E-state index is 13.0. The molecule has 1 aliphatic heterocycles. The highest BCUT2D eigenvalue weighted by Gasteiger charge is 2.29. The average Bonchev–Trinajstić information content (AvgIpc) is 2.63. The molecule has 0 N–H and O–H groups in total. The Morgan fingerprint density at radius 3 is 2.07 bits per heavy atom. The zero-order chi connectivity index (χ0) is 19.7. The van der Waals surface area contributed by atoms with E-state index in [-0.39, 0.29) is 5.41 Å². The third-order valence-electron chi connectivity index (χ3n) is 5.04. The molecule has 0 aromatic heterocycles. The first kappa shape index (κ1) is 20.3. The van der Waals surface area contributed by atoms with Gasteiger partial charge in [0.25, 0.3) is 0 Å². The number of sulfonamides is 1. The van der Waals surface area contributed by atoms with Crippen molar-refractivity contribution in [1.29, 1.82) is 0 Å². The monoisotopic (exact) mass is 406 g/mol. The molecule has 1 saturated heterocycles. The molecule has 2 aromatic rings. The second kappa shape index (κ2) is 7.92. The summed E-state index contributed by atoms with van der Waals surface area (Å²) in [6, 6.07) is 15.1. The molecule has 0 aliphatic carbocycles. The van der Waals surface area contributed by atoms with Crippen molar-refractivity contribution in [1.82, 2.24) is 9.21 Å². The lowest BCUT2D eigenvalue weighted by molar-refractivity contribution is 0.181. The van der Waals surface area contributed by atoms with Gasteiger partial charge in [-0.1, -0.05) is 62.7 Å². The van der Waals surface area contributed by atoms with Gasteiger partial charge in [0.05, 0.1) is 4.90 Å². The van der Waals surface area contributed by atoms with Crippen LogP contribution < -0.4 is 0 Å². The molecule has 0 spiro atoms. The van der Waals surface area contributed by atoms with E-state index >= 15 is 0 Å². The van der Waals surface area contributed by atoms with Crippen LogP contribution in [0.1, 0.15) is 31.9 Å². The smallest absolute Gasteiger partial charge is 0.243 e. The summed E-state index contributed by atoms with van der Waals surface area (Å²) in [5.41, 5.74) is 2.21. The summed E-state index contributed by atoms with van der Waals surface area (Å²) in [5, 5.41) is 0.756. The summed E-state index contributed by atoms with van der Waals surface area (Å²) in [5.74, 6) is 0. The second-order valence-corrected chi connectivity index (χ2v) is 10.4. The molecule has 3 rings (SSSR count). The molecular formula is C21H27ClN2O2S. The minimum Gasteiger partial charge on any atom is -0.296 e. The molecule has 4 nitrogen and oxygen atoms in total. The number of hydrogen-bond acceptors (Lipinski definition) is 3. The zero-order valence-electron chi connectivity index (χ0n) is 16.2. The van der Waals surface area contributed by atoms with Crippen molar-refractivity contribution in [3.63, 3.8) is 0 Å². The lowest BCUT2D eigenvalue weighted by atomic mass is 9.87. The van der Waals surface area contributed by atoms with Crippen LogP contribution in [0.5, 0.6) is 0 Å². The maximum atomic E-state index is 13.0. The third-order valence-corrected chi connectivity index (χ3v) is 7.32. The van der Waals surface area contributed by atoms with E-state index in [0.717, 1.165) is 22.7 Å². The molecule has 0 saturated carbocycles. The van der Waals surface area contributed by atoms with E-state index in [1.807, 2.05) is 36.4 Å². The van der Waals surface area contributed by atoms with Crippen molar-refractivity contribution in [2.75, 3.05) is 26.2 Å². The van der Waals surface area contributed by atoms with E-state index in [4.69, 9.17) is 11.6 Å². The van der Waals surface area contributed by atoms with Gasteiger partial charge in [-0.15, -0.1) is 0 Å². The van der Waals surface area contributed by atoms with E-state index in [0.29, 0.717) is 31.1 Å². The summed E-state index contributed by atoms with van der Waals surface area (Å²) in [6.45, 7) is 9.49. The Labute approximate surface area is 167 Å². The van der Waals surface area contributed by atoms with Crippen LogP contribution in [0.15, 0.2) is 53.4 Å². The fourth-order valence-corrected chi connectivity index (χ4v) is 4.89. The van der Waals surface area contributed by atoms with E-state index in [1.165, 1.54) is 0 Å². The van der Waals surface area contributed by atoms with Crippen LogP contribution in [0.4, 0.5) is 0 Å². The number of nitrogens with zero attached hydrogens (tertiary/aromatic N) is 2. The van der Waals surface area contributed by atoms with Crippen LogP contribution in [0.3, 0.4) is 0 Å². The lowest BCUT2D eigenvalue weighted by Crippen LogP contribution is -2.48. The minimum absolute atomic E-state index is 0.00658. The van der Waals surface area contributed by atoms with Gasteiger partial charge >= 0.3 is 0 Å². The van der Waals surface area contributed by atoms with Gasteiger partial charge in [-0.2, -0.15) is 4.31 Å². The highest BCUT2D eigenvalue weighted by Crippen LogP contribution is 2.25. The predicted molar refractivity (Wildman–Crippen MR) is 111 cm³/mol. The standard InChI is InChI=1S/C21H27ClN2O2S/c1-21(2,3)18-8-10-19(11-9-18)27(25,26)24-14-12-23(13-15-24)16-17-6-4-5-7-20(17)22/h4-11H,12-16H2,1-3H3. The van der Waals surface area contributed by atoms with Gasteiger partial charge < -0.3 is 0 Å². The van der Waals surface area contributed by atoms with E-state index in [9.17, 15) is 8.42 Å². The van der Waals surface area contributed by atoms with E-state index in [2.05, 4.69) is 25.7 Å². The molecule has 1 heterocycles. The van der Waals surface area contributed by atoms with E-state index < -0.39 is 10.0 Å². The molecule has 0 unspecified atom stereocenters. The first-order valence-corrected chi connectivity index (χ1v) is 11.1. The van der Waals surface area contributed by atoms with Crippen molar-refractivity contribution in [3.8, 4) is 0 Å². The Hall–Kier alpha value is -1.40. The Balaban J connectivity index is 1.65. The van der Waals surface area contributed by atoms with Crippen LogP contribution >= 0.6 is 11.6 Å². The molecule has 2 aromatic carbocycles. The van der Waals surface area contributed by atoms with Crippen LogP contribution in [0.25, 0.3) is 0 Å². The number of hydrogen-bond donors (Lipinski definition) is 0. The Morgan fingerprint density at radius 1 is 0.926 bits per heavy atom. The average molecular weight is 407 g/mol. The summed E-state index contributed by atoms with van der Waals surface area (Å²) in [6.07, 6.45) is 0. The number of rotatable bonds is 4. The highest BCUT2D eigenvalue weighted by atomic mass is 35.5. The lowest BCUT2D eigenvalue weighted by Gasteiger charge is -2.34. The predicted octanol–water partition coefficient (Wildman–Crippen LogP) is 4.14. The van der Waals surface area contributed by atoms with Crippen molar-refractivity contribution in [2.45, 2.75) is 37.6 Å². The molecule has 146 valence electrons. The second-order valence-electron chi connectivity index (χ2n) is 8.05. The molecule has 1 fully saturated rings. The summed E-state index contributed by atoms with van der Waals surface area (Å²) >= 11 is 6.24. The van der Waals surface area contributed by atoms with Gasteiger partial charge in [-0.25, -0.2) is 8.42 Å². The van der Waals surface area contributed by atoms with Crippen molar-refractivity contribution >= 4 is 21.6 Å². The quantitative estimate of drug-likeness (QED) is 0.765. The van der Waals surface area contributed by atoms with Crippen molar-refractivity contribution in [3.05, 3.63) is 64.7 Å². The van der Waals surface area contributed by atoms with Gasteiger partial charge in [0, 0.05) is 37.7 Å². The van der Waals surface area contributed by atoms with Crippen molar-refractivity contribution in [2.24, 2.45) is 0 Å². The van der Waals surface area contributed by atoms with E-state index in [1.54, 1.807) is 16.4 Å². The Morgan fingerprint density at radius 2 is 1.52 bits per heavy atom. The van der Waals surface area contributed by atoms with Gasteiger partial charge in [0.15, 0.2) is 0 Å². The first-order chi connectivity index (χ1) is 12.7. The Bertz CT molecular complexity index is 881. The van der Waals surface area contributed by atoms with Crippen molar-refractivity contribution < 1.29 is 8.42 Å². The molecular weight excluding hydrogens is 380 g/mol. The molecule has 0 bridgehead atoms. The fraction of sp³-hybridized carbons (Fsp3) is 0.429. The summed E-state index contributed by atoms with van der Waals surface area (Å²) in [7, 11) is -3.45. The van der Waals surface area contributed by atoms with Crippen LogP contribution in [0.2, 0.25) is 5.02 Å². The summed E-state index contributed by atoms with van der Waals surface area (Å²) < 4.78 is 27.5. The van der Waals surface area contributed by atoms with Gasteiger partial charge in [-0.3, -0.25) is 4.90 Å². The van der Waals surface area contributed by atoms with Crippen LogP contribution in [-0.2, 0) is 22.0 Å². The normalized spacial score (nSPS) is 17.2. The topological polar surface area (TPSA) is 40.6 Å². The fourth-order valence-electron chi connectivity index (χ4n) is 3.27. The third kappa shape index (κ3) is 4.72. The molecule has 0 amide bonds. The van der Waals surface area contributed by atoms with Crippen LogP contribution in [0, 0.1) is 0 Å². The first-order valence-electron chi connectivity index (χ1n) is 9.24. The molecule has 1 aliphatic rings. The Kier molecular flexibility index (Phi) is 5.96. The van der Waals surface area contributed by atoms with Gasteiger partial charge in [0.2, 0.25) is 10.0 Å². The molecule has 0 radical (unpaired) electrons. The van der Waals surface area contributed by atoms with Crippen LogP contribution in [-0.4, -0.2) is 43.8 Å². The molecule has 6 heteroatoms. The number of halogens is 1.